The second-order valence-electron chi connectivity index (χ2n) is 7.73. The van der Waals surface area contributed by atoms with E-state index in [2.05, 4.69) is 15.9 Å². The number of hydrogen-bond donors (Lipinski definition) is 1. The van der Waals surface area contributed by atoms with Crippen LogP contribution < -0.4 is 4.74 Å². The van der Waals surface area contributed by atoms with Gasteiger partial charge in [-0.1, -0.05) is 28.1 Å². The van der Waals surface area contributed by atoms with Crippen LogP contribution in [0.1, 0.15) is 21.5 Å². The van der Waals surface area contributed by atoms with E-state index in [0.717, 1.165) is 26.7 Å². The Morgan fingerprint density at radius 2 is 1.83 bits per heavy atom. The summed E-state index contributed by atoms with van der Waals surface area (Å²) >= 11 is 4.18. The van der Waals surface area contributed by atoms with Crippen molar-refractivity contribution in [2.24, 2.45) is 0 Å². The summed E-state index contributed by atoms with van der Waals surface area (Å²) in [6.07, 6.45) is 1.57. The topological polar surface area (TPSA) is 113 Å². The van der Waals surface area contributed by atoms with Gasteiger partial charge in [0, 0.05) is 23.1 Å². The summed E-state index contributed by atoms with van der Waals surface area (Å²) in [6, 6.07) is 11.6. The number of carboxylic acid groups (broad SMARTS) is 1. The summed E-state index contributed by atoms with van der Waals surface area (Å²) in [5.74, 6) is -1.35. The first-order valence-corrected chi connectivity index (χ1v) is 12.3. The number of aromatic carboxylic acids is 1. The van der Waals surface area contributed by atoms with Crippen molar-refractivity contribution in [1.29, 1.82) is 0 Å². The van der Waals surface area contributed by atoms with Gasteiger partial charge >= 0.3 is 5.97 Å². The number of morpholine rings is 1. The summed E-state index contributed by atoms with van der Waals surface area (Å²) in [7, 11) is 0. The molecule has 1 N–H and O–H groups in total. The van der Waals surface area contributed by atoms with Gasteiger partial charge in [0.25, 0.3) is 11.1 Å². The molecule has 0 bridgehead atoms. The first kappa shape index (κ1) is 25.0. The van der Waals surface area contributed by atoms with Crippen LogP contribution in [-0.4, -0.2) is 70.8 Å². The Morgan fingerprint density at radius 3 is 2.51 bits per heavy atom. The number of halogens is 1. The highest BCUT2D eigenvalue weighted by molar-refractivity contribution is 9.10. The van der Waals surface area contributed by atoms with Gasteiger partial charge in [-0.2, -0.15) is 0 Å². The zero-order chi connectivity index (χ0) is 24.9. The molecule has 2 aliphatic heterocycles. The van der Waals surface area contributed by atoms with Crippen molar-refractivity contribution in [2.75, 3.05) is 32.8 Å². The highest BCUT2D eigenvalue weighted by Crippen LogP contribution is 2.35. The van der Waals surface area contributed by atoms with Crippen LogP contribution in [0.15, 0.2) is 51.8 Å². The van der Waals surface area contributed by atoms with Crippen LogP contribution in [-0.2, 0) is 20.9 Å². The number of rotatable bonds is 7. The molecule has 2 aromatic rings. The molecule has 0 aromatic heterocycles. The van der Waals surface area contributed by atoms with E-state index in [1.54, 1.807) is 41.3 Å². The number of carbonyl (C=O) groups excluding carboxylic acids is 3. The fourth-order valence-electron chi connectivity index (χ4n) is 3.49. The highest BCUT2D eigenvalue weighted by atomic mass is 79.9. The molecule has 0 saturated carbocycles. The van der Waals surface area contributed by atoms with Gasteiger partial charge in [0.1, 0.15) is 18.9 Å². The molecular formula is C24H21BrN2O7S. The molecular weight excluding hydrogens is 540 g/mol. The minimum absolute atomic E-state index is 0.178. The summed E-state index contributed by atoms with van der Waals surface area (Å²) in [6.45, 7) is 1.60. The van der Waals surface area contributed by atoms with E-state index in [0.29, 0.717) is 37.6 Å². The molecule has 0 aliphatic carbocycles. The van der Waals surface area contributed by atoms with Crippen molar-refractivity contribution in [3.05, 3.63) is 68.5 Å². The molecule has 2 aliphatic rings. The second kappa shape index (κ2) is 11.1. The number of nitrogens with zero attached hydrogens (tertiary/aromatic N) is 2. The summed E-state index contributed by atoms with van der Waals surface area (Å²) < 4.78 is 11.9. The number of amides is 3. The standard InChI is InChI=1S/C24H21BrN2O7S/c25-18-5-6-19(34-14-15-1-3-16(4-2-15)23(30)31)17(11-18)12-20-22(29)27(24(32)35-20)13-21(28)26-7-9-33-10-8-26/h1-6,11-12H,7-10,13-14H2,(H,30,31)/b20-12+. The molecule has 35 heavy (non-hydrogen) atoms. The van der Waals surface area contributed by atoms with Crippen LogP contribution in [0, 0.1) is 0 Å². The maximum absolute atomic E-state index is 12.9. The Morgan fingerprint density at radius 1 is 1.11 bits per heavy atom. The maximum Gasteiger partial charge on any atom is 0.335 e. The molecule has 182 valence electrons. The van der Waals surface area contributed by atoms with Gasteiger partial charge in [-0.05, 0) is 53.7 Å². The molecule has 4 rings (SSSR count). The van der Waals surface area contributed by atoms with Crippen molar-refractivity contribution in [1.82, 2.24) is 9.80 Å². The number of imide groups is 1. The molecule has 0 unspecified atom stereocenters. The van der Waals surface area contributed by atoms with Gasteiger partial charge in [-0.15, -0.1) is 0 Å². The largest absolute Gasteiger partial charge is 0.488 e. The molecule has 9 nitrogen and oxygen atoms in total. The number of carbonyl (C=O) groups is 4. The zero-order valence-electron chi connectivity index (χ0n) is 18.4. The SMILES string of the molecule is O=C(O)c1ccc(COc2ccc(Br)cc2/C=C2/SC(=O)N(CC(=O)N3CCOCC3)C2=O)cc1. The lowest BCUT2D eigenvalue weighted by Crippen LogP contribution is -2.46. The van der Waals surface area contributed by atoms with E-state index in [-0.39, 0.29) is 29.5 Å². The predicted octanol–water partition coefficient (Wildman–Crippen LogP) is 3.62. The molecule has 2 fully saturated rings. The normalized spacial score (nSPS) is 17.2. The Kier molecular flexibility index (Phi) is 7.89. The molecule has 0 spiro atoms. The molecule has 2 aromatic carbocycles. The van der Waals surface area contributed by atoms with Crippen molar-refractivity contribution in [3.8, 4) is 5.75 Å². The van der Waals surface area contributed by atoms with Crippen LogP contribution in [0.5, 0.6) is 5.75 Å². The second-order valence-corrected chi connectivity index (χ2v) is 9.64. The van der Waals surface area contributed by atoms with Gasteiger partial charge in [0.15, 0.2) is 0 Å². The van der Waals surface area contributed by atoms with E-state index >= 15 is 0 Å². The lowest BCUT2D eigenvalue weighted by atomic mass is 10.1. The third-order valence-corrected chi connectivity index (χ3v) is 6.79. The Balaban J connectivity index is 1.48. The Hall–Kier alpha value is -3.15. The van der Waals surface area contributed by atoms with E-state index in [1.807, 2.05) is 0 Å². The fraction of sp³-hybridized carbons (Fsp3) is 0.250. The quantitative estimate of drug-likeness (QED) is 0.511. The van der Waals surface area contributed by atoms with E-state index in [4.69, 9.17) is 14.6 Å². The minimum Gasteiger partial charge on any atom is -0.488 e. The minimum atomic E-state index is -1.01. The van der Waals surface area contributed by atoms with Crippen LogP contribution in [0.2, 0.25) is 0 Å². The molecule has 2 saturated heterocycles. The third-order valence-electron chi connectivity index (χ3n) is 5.38. The van der Waals surface area contributed by atoms with Crippen LogP contribution in [0.25, 0.3) is 6.08 Å². The van der Waals surface area contributed by atoms with Gasteiger partial charge in [0.2, 0.25) is 5.91 Å². The fourth-order valence-corrected chi connectivity index (χ4v) is 4.70. The number of thioether (sulfide) groups is 1. The molecule has 0 atom stereocenters. The highest BCUT2D eigenvalue weighted by Gasteiger charge is 2.37. The lowest BCUT2D eigenvalue weighted by Gasteiger charge is -2.28. The van der Waals surface area contributed by atoms with Crippen molar-refractivity contribution >= 4 is 56.8 Å². The molecule has 2 heterocycles. The van der Waals surface area contributed by atoms with Crippen molar-refractivity contribution in [3.63, 3.8) is 0 Å². The van der Waals surface area contributed by atoms with Gasteiger partial charge < -0.3 is 19.5 Å². The van der Waals surface area contributed by atoms with Crippen LogP contribution in [0.3, 0.4) is 0 Å². The average Bonchev–Trinajstić information content (AvgIpc) is 3.11. The number of benzene rings is 2. The Labute approximate surface area is 213 Å². The zero-order valence-corrected chi connectivity index (χ0v) is 20.8. The van der Waals surface area contributed by atoms with Crippen LogP contribution in [0.4, 0.5) is 4.79 Å². The van der Waals surface area contributed by atoms with E-state index < -0.39 is 17.1 Å². The first-order chi connectivity index (χ1) is 16.8. The van der Waals surface area contributed by atoms with E-state index in [9.17, 15) is 19.2 Å². The summed E-state index contributed by atoms with van der Waals surface area (Å²) in [5, 5.41) is 8.53. The van der Waals surface area contributed by atoms with Crippen LogP contribution >= 0.6 is 27.7 Å². The monoisotopic (exact) mass is 560 g/mol. The van der Waals surface area contributed by atoms with Gasteiger partial charge in [0.05, 0.1) is 23.7 Å². The number of hydrogen-bond acceptors (Lipinski definition) is 7. The molecule has 3 amide bonds. The molecule has 11 heteroatoms. The average molecular weight is 561 g/mol. The molecule has 0 radical (unpaired) electrons. The predicted molar refractivity (Wildman–Crippen MR) is 132 cm³/mol. The first-order valence-electron chi connectivity index (χ1n) is 10.7. The number of ether oxygens (including phenoxy) is 2. The number of carboxylic acids is 1. The van der Waals surface area contributed by atoms with Crippen molar-refractivity contribution in [2.45, 2.75) is 6.61 Å². The Bertz CT molecular complexity index is 1190. The van der Waals surface area contributed by atoms with Gasteiger partial charge in [-0.3, -0.25) is 19.3 Å². The smallest absolute Gasteiger partial charge is 0.335 e. The summed E-state index contributed by atoms with van der Waals surface area (Å²) in [4.78, 5) is 51.7. The van der Waals surface area contributed by atoms with Crippen molar-refractivity contribution < 1.29 is 33.8 Å². The van der Waals surface area contributed by atoms with E-state index in [1.165, 1.54) is 12.1 Å². The summed E-state index contributed by atoms with van der Waals surface area (Å²) in [5.41, 5.74) is 1.53. The lowest BCUT2D eigenvalue weighted by molar-refractivity contribution is -0.139. The van der Waals surface area contributed by atoms with Gasteiger partial charge in [-0.25, -0.2) is 4.79 Å². The third kappa shape index (κ3) is 6.11. The maximum atomic E-state index is 12.9.